The summed E-state index contributed by atoms with van der Waals surface area (Å²) in [6, 6.07) is 17.6. The molecule has 0 aliphatic heterocycles. The van der Waals surface area contributed by atoms with Gasteiger partial charge in [-0.3, -0.25) is 9.36 Å². The van der Waals surface area contributed by atoms with E-state index in [1.807, 2.05) is 48.7 Å². The highest BCUT2D eigenvalue weighted by Crippen LogP contribution is 2.30. The topological polar surface area (TPSA) is 58.7 Å². The summed E-state index contributed by atoms with van der Waals surface area (Å²) in [7, 11) is 0. The van der Waals surface area contributed by atoms with E-state index < -0.39 is 0 Å². The van der Waals surface area contributed by atoms with Crippen LogP contribution in [-0.4, -0.2) is 9.55 Å². The highest BCUT2D eigenvalue weighted by Gasteiger charge is 2.13. The maximum Gasteiger partial charge on any atom is 0.263 e. The molecule has 0 bridgehead atoms. The SMILES string of the molecule is Cc1ccc(-c2csc3ncn(Cc4cccc(C#N)c4)c(=O)c23)cc1. The lowest BCUT2D eigenvalue weighted by Crippen LogP contribution is -2.21. The zero-order valence-electron chi connectivity index (χ0n) is 14.1. The third-order valence-corrected chi connectivity index (χ3v) is 5.22. The van der Waals surface area contributed by atoms with Crippen LogP contribution >= 0.6 is 11.3 Å². The van der Waals surface area contributed by atoms with Gasteiger partial charge in [-0.05, 0) is 30.2 Å². The number of fused-ring (bicyclic) bond motifs is 1. The number of hydrogen-bond acceptors (Lipinski definition) is 4. The second kappa shape index (κ2) is 6.58. The van der Waals surface area contributed by atoms with E-state index >= 15 is 0 Å². The van der Waals surface area contributed by atoms with Gasteiger partial charge in [0.15, 0.2) is 0 Å². The highest BCUT2D eigenvalue weighted by atomic mass is 32.1. The molecule has 0 atom stereocenters. The largest absolute Gasteiger partial charge is 0.294 e. The molecule has 0 fully saturated rings. The normalized spacial score (nSPS) is 10.8. The molecule has 126 valence electrons. The molecule has 4 aromatic rings. The third kappa shape index (κ3) is 2.92. The molecule has 2 aromatic heterocycles. The summed E-state index contributed by atoms with van der Waals surface area (Å²) in [6.07, 6.45) is 1.58. The van der Waals surface area contributed by atoms with Gasteiger partial charge in [-0.15, -0.1) is 11.3 Å². The van der Waals surface area contributed by atoms with Gasteiger partial charge >= 0.3 is 0 Å². The van der Waals surface area contributed by atoms with Gasteiger partial charge in [0, 0.05) is 10.9 Å². The van der Waals surface area contributed by atoms with Gasteiger partial charge in [-0.2, -0.15) is 5.26 Å². The van der Waals surface area contributed by atoms with Gasteiger partial charge < -0.3 is 0 Å². The number of hydrogen-bond donors (Lipinski definition) is 0. The van der Waals surface area contributed by atoms with Crippen molar-refractivity contribution in [1.82, 2.24) is 9.55 Å². The van der Waals surface area contributed by atoms with Crippen molar-refractivity contribution in [3.63, 3.8) is 0 Å². The van der Waals surface area contributed by atoms with E-state index in [-0.39, 0.29) is 5.56 Å². The number of rotatable bonds is 3. The first-order chi connectivity index (χ1) is 12.7. The molecule has 0 amide bonds. The Morgan fingerprint density at radius 1 is 1.19 bits per heavy atom. The zero-order chi connectivity index (χ0) is 18.1. The standard InChI is InChI=1S/C21H15N3OS/c1-14-5-7-17(8-6-14)18-12-26-20-19(18)21(25)24(13-23-20)11-16-4-2-3-15(9-16)10-22/h2-9,12-13H,11H2,1H3. The van der Waals surface area contributed by atoms with Gasteiger partial charge in [0.2, 0.25) is 0 Å². The van der Waals surface area contributed by atoms with E-state index in [9.17, 15) is 4.79 Å². The molecule has 4 nitrogen and oxygen atoms in total. The van der Waals surface area contributed by atoms with Crippen molar-refractivity contribution in [2.24, 2.45) is 0 Å². The average molecular weight is 357 g/mol. The minimum absolute atomic E-state index is 0.0609. The van der Waals surface area contributed by atoms with E-state index in [0.29, 0.717) is 17.5 Å². The zero-order valence-corrected chi connectivity index (χ0v) is 15.0. The second-order valence-electron chi connectivity index (χ2n) is 6.19. The molecule has 26 heavy (non-hydrogen) atoms. The Bertz CT molecular complexity index is 1200. The molecule has 0 N–H and O–H groups in total. The molecule has 2 heterocycles. The van der Waals surface area contributed by atoms with Crippen LogP contribution in [0.4, 0.5) is 0 Å². The summed E-state index contributed by atoms with van der Waals surface area (Å²) in [5.41, 5.74) is 4.54. The molecule has 0 saturated heterocycles. The molecule has 5 heteroatoms. The van der Waals surface area contributed by atoms with Gasteiger partial charge in [0.25, 0.3) is 5.56 Å². The Balaban J connectivity index is 1.81. The van der Waals surface area contributed by atoms with Crippen LogP contribution in [0.25, 0.3) is 21.3 Å². The fourth-order valence-electron chi connectivity index (χ4n) is 2.96. The molecular weight excluding hydrogens is 342 g/mol. The maximum atomic E-state index is 13.1. The fraction of sp³-hybridized carbons (Fsp3) is 0.0952. The minimum atomic E-state index is -0.0609. The molecular formula is C21H15N3OS. The van der Waals surface area contributed by atoms with Crippen LogP contribution in [0.3, 0.4) is 0 Å². The van der Waals surface area contributed by atoms with Crippen LogP contribution in [-0.2, 0) is 6.54 Å². The fourth-order valence-corrected chi connectivity index (χ4v) is 3.87. The van der Waals surface area contributed by atoms with E-state index in [0.717, 1.165) is 21.5 Å². The lowest BCUT2D eigenvalue weighted by Gasteiger charge is -2.07. The smallest absolute Gasteiger partial charge is 0.263 e. The number of aryl methyl sites for hydroxylation is 1. The summed E-state index contributed by atoms with van der Waals surface area (Å²) < 4.78 is 1.60. The van der Waals surface area contributed by atoms with Gasteiger partial charge in [-0.25, -0.2) is 4.98 Å². The molecule has 4 rings (SSSR count). The van der Waals surface area contributed by atoms with Gasteiger partial charge in [0.1, 0.15) is 4.83 Å². The van der Waals surface area contributed by atoms with Crippen LogP contribution in [0.15, 0.2) is 65.0 Å². The summed E-state index contributed by atoms with van der Waals surface area (Å²) in [4.78, 5) is 18.3. The molecule has 0 saturated carbocycles. The van der Waals surface area contributed by atoms with Crippen LogP contribution in [0.2, 0.25) is 0 Å². The summed E-state index contributed by atoms with van der Waals surface area (Å²) in [5, 5.41) is 11.7. The van der Waals surface area contributed by atoms with Crippen molar-refractivity contribution in [2.45, 2.75) is 13.5 Å². The maximum absolute atomic E-state index is 13.1. The molecule has 0 aliphatic carbocycles. The van der Waals surface area contributed by atoms with Crippen molar-refractivity contribution < 1.29 is 0 Å². The lowest BCUT2D eigenvalue weighted by molar-refractivity contribution is 0.749. The Hall–Kier alpha value is -3.23. The quantitative estimate of drug-likeness (QED) is 0.547. The Labute approximate surface area is 154 Å². The minimum Gasteiger partial charge on any atom is -0.294 e. The van der Waals surface area contributed by atoms with Crippen molar-refractivity contribution in [3.05, 3.63) is 87.3 Å². The molecule has 0 unspecified atom stereocenters. The Kier molecular flexibility index (Phi) is 4.11. The number of nitriles is 1. The van der Waals surface area contributed by atoms with Crippen LogP contribution in [0, 0.1) is 18.3 Å². The predicted octanol–water partition coefficient (Wildman–Crippen LogP) is 4.35. The van der Waals surface area contributed by atoms with E-state index in [2.05, 4.69) is 11.1 Å². The predicted molar refractivity (Wildman–Crippen MR) is 104 cm³/mol. The van der Waals surface area contributed by atoms with E-state index in [4.69, 9.17) is 5.26 Å². The van der Waals surface area contributed by atoms with Crippen molar-refractivity contribution >= 4 is 21.6 Å². The monoisotopic (exact) mass is 357 g/mol. The first kappa shape index (κ1) is 16.2. The first-order valence-electron chi connectivity index (χ1n) is 8.18. The van der Waals surface area contributed by atoms with Gasteiger partial charge in [-0.1, -0.05) is 42.0 Å². The lowest BCUT2D eigenvalue weighted by atomic mass is 10.1. The van der Waals surface area contributed by atoms with Crippen molar-refractivity contribution in [2.75, 3.05) is 0 Å². The van der Waals surface area contributed by atoms with Crippen LogP contribution < -0.4 is 5.56 Å². The summed E-state index contributed by atoms with van der Waals surface area (Å²) in [6.45, 7) is 2.43. The Morgan fingerprint density at radius 3 is 2.77 bits per heavy atom. The van der Waals surface area contributed by atoms with Crippen molar-refractivity contribution in [1.29, 1.82) is 5.26 Å². The summed E-state index contributed by atoms with van der Waals surface area (Å²) >= 11 is 1.48. The third-order valence-electron chi connectivity index (χ3n) is 4.33. The molecule has 2 aromatic carbocycles. The summed E-state index contributed by atoms with van der Waals surface area (Å²) in [5.74, 6) is 0. The number of benzene rings is 2. The average Bonchev–Trinajstić information content (AvgIpc) is 3.10. The van der Waals surface area contributed by atoms with Crippen LogP contribution in [0.1, 0.15) is 16.7 Å². The van der Waals surface area contributed by atoms with Crippen LogP contribution in [0.5, 0.6) is 0 Å². The Morgan fingerprint density at radius 2 is 2.00 bits per heavy atom. The number of aromatic nitrogens is 2. The second-order valence-corrected chi connectivity index (χ2v) is 7.04. The van der Waals surface area contributed by atoms with E-state index in [1.165, 1.54) is 16.9 Å². The highest BCUT2D eigenvalue weighted by molar-refractivity contribution is 7.17. The molecule has 0 aliphatic rings. The first-order valence-corrected chi connectivity index (χ1v) is 9.06. The van der Waals surface area contributed by atoms with E-state index in [1.54, 1.807) is 23.0 Å². The number of thiophene rings is 1. The number of nitrogens with zero attached hydrogens (tertiary/aromatic N) is 3. The van der Waals surface area contributed by atoms with Crippen molar-refractivity contribution in [3.8, 4) is 17.2 Å². The molecule has 0 radical (unpaired) electrons. The molecule has 0 spiro atoms. The van der Waals surface area contributed by atoms with Gasteiger partial charge in [0.05, 0.1) is 29.9 Å².